The topological polar surface area (TPSA) is 78.4 Å². The van der Waals surface area contributed by atoms with E-state index in [4.69, 9.17) is 0 Å². The molecule has 2 heterocycles. The van der Waals surface area contributed by atoms with E-state index in [0.29, 0.717) is 22.9 Å². The molecule has 3 rings (SSSR count). The second kappa shape index (κ2) is 8.05. The predicted octanol–water partition coefficient (Wildman–Crippen LogP) is 2.07. The summed E-state index contributed by atoms with van der Waals surface area (Å²) in [5, 5.41) is 2.80. The van der Waals surface area contributed by atoms with Crippen LogP contribution in [-0.2, 0) is 0 Å². The number of benzene rings is 1. The van der Waals surface area contributed by atoms with E-state index >= 15 is 0 Å². The van der Waals surface area contributed by atoms with Crippen LogP contribution in [0.2, 0.25) is 0 Å². The Hall–Kier alpha value is -2.80. The van der Waals surface area contributed by atoms with E-state index in [-0.39, 0.29) is 11.7 Å². The summed E-state index contributed by atoms with van der Waals surface area (Å²) in [4.78, 5) is 37.0. The van der Waals surface area contributed by atoms with Crippen LogP contribution in [0.15, 0.2) is 36.5 Å². The third-order valence-corrected chi connectivity index (χ3v) is 4.53. The number of likely N-dealkylation sites (N-methyl/N-ethyl adjacent to an activating group) is 1. The Morgan fingerprint density at radius 3 is 2.38 bits per heavy atom. The maximum absolute atomic E-state index is 12.5. The molecule has 0 bridgehead atoms. The molecule has 1 N–H and O–H groups in total. The van der Waals surface area contributed by atoms with E-state index in [2.05, 4.69) is 32.0 Å². The summed E-state index contributed by atoms with van der Waals surface area (Å²) in [7, 11) is 0. The Balaban J connectivity index is 1.67. The summed E-state index contributed by atoms with van der Waals surface area (Å²) in [6.07, 6.45) is 1.61. The van der Waals surface area contributed by atoms with Crippen molar-refractivity contribution in [2.75, 3.05) is 42.9 Å². The van der Waals surface area contributed by atoms with Crippen molar-refractivity contribution in [2.24, 2.45) is 0 Å². The molecule has 1 amide bonds. The lowest BCUT2D eigenvalue weighted by atomic mass is 10.1. The molecule has 136 valence electrons. The molecule has 0 saturated carbocycles. The van der Waals surface area contributed by atoms with Gasteiger partial charge in [0, 0.05) is 43.6 Å². The Labute approximate surface area is 153 Å². The first-order chi connectivity index (χ1) is 12.6. The number of amides is 1. The summed E-state index contributed by atoms with van der Waals surface area (Å²) in [6, 6.07) is 8.40. The molecule has 0 unspecified atom stereocenters. The zero-order valence-corrected chi connectivity index (χ0v) is 15.1. The number of nitrogens with one attached hydrogen (secondary N) is 1. The molecule has 0 atom stereocenters. The van der Waals surface area contributed by atoms with Gasteiger partial charge in [0.15, 0.2) is 5.78 Å². The van der Waals surface area contributed by atoms with Crippen LogP contribution < -0.4 is 10.2 Å². The molecule has 26 heavy (non-hydrogen) atoms. The number of Topliss-reactive ketones (excluding diaryl/α,β-unsaturated/α-hetero) is 1. The highest BCUT2D eigenvalue weighted by molar-refractivity contribution is 6.03. The van der Waals surface area contributed by atoms with Crippen molar-refractivity contribution in [2.45, 2.75) is 13.8 Å². The summed E-state index contributed by atoms with van der Waals surface area (Å²) in [5.41, 5.74) is 1.55. The van der Waals surface area contributed by atoms with E-state index in [1.54, 1.807) is 36.5 Å². The first kappa shape index (κ1) is 18.0. The SMILES string of the molecule is CCN1CCN(c2nccc(C(=O)Nc3ccc(C(C)=O)cc3)n2)CC1. The zero-order chi connectivity index (χ0) is 18.5. The van der Waals surface area contributed by atoms with Gasteiger partial charge in [0.1, 0.15) is 5.69 Å². The quantitative estimate of drug-likeness (QED) is 0.829. The maximum atomic E-state index is 12.5. The highest BCUT2D eigenvalue weighted by Gasteiger charge is 2.19. The number of aromatic nitrogens is 2. The van der Waals surface area contributed by atoms with Crippen molar-refractivity contribution in [3.05, 3.63) is 47.8 Å². The molecular weight excluding hydrogens is 330 g/mol. The van der Waals surface area contributed by atoms with Gasteiger partial charge in [-0.25, -0.2) is 9.97 Å². The zero-order valence-electron chi connectivity index (χ0n) is 15.1. The summed E-state index contributed by atoms with van der Waals surface area (Å²) in [5.74, 6) is 0.281. The van der Waals surface area contributed by atoms with Crippen molar-refractivity contribution < 1.29 is 9.59 Å². The van der Waals surface area contributed by atoms with Crippen LogP contribution >= 0.6 is 0 Å². The minimum atomic E-state index is -0.295. The Kier molecular flexibility index (Phi) is 5.58. The number of anilines is 2. The predicted molar refractivity (Wildman–Crippen MR) is 101 cm³/mol. The fraction of sp³-hybridized carbons (Fsp3) is 0.368. The largest absolute Gasteiger partial charge is 0.338 e. The first-order valence-corrected chi connectivity index (χ1v) is 8.79. The summed E-state index contributed by atoms with van der Waals surface area (Å²) in [6.45, 7) is 8.35. The van der Waals surface area contributed by atoms with Crippen LogP contribution in [-0.4, -0.2) is 59.3 Å². The number of ketones is 1. The molecule has 1 saturated heterocycles. The molecule has 1 aliphatic heterocycles. The molecule has 1 aromatic carbocycles. The van der Waals surface area contributed by atoms with Gasteiger partial charge in [-0.05, 0) is 43.8 Å². The van der Waals surface area contributed by atoms with Crippen LogP contribution in [0.5, 0.6) is 0 Å². The van der Waals surface area contributed by atoms with E-state index in [0.717, 1.165) is 32.7 Å². The monoisotopic (exact) mass is 353 g/mol. The van der Waals surface area contributed by atoms with Crippen molar-refractivity contribution in [1.82, 2.24) is 14.9 Å². The van der Waals surface area contributed by atoms with E-state index in [9.17, 15) is 9.59 Å². The van der Waals surface area contributed by atoms with Gasteiger partial charge in [0.2, 0.25) is 5.95 Å². The third-order valence-electron chi connectivity index (χ3n) is 4.53. The minimum Gasteiger partial charge on any atom is -0.338 e. The number of hydrogen-bond donors (Lipinski definition) is 1. The average Bonchev–Trinajstić information content (AvgIpc) is 2.68. The van der Waals surface area contributed by atoms with Gasteiger partial charge < -0.3 is 15.1 Å². The van der Waals surface area contributed by atoms with Crippen LogP contribution in [0.4, 0.5) is 11.6 Å². The van der Waals surface area contributed by atoms with Crippen LogP contribution in [0.3, 0.4) is 0 Å². The second-order valence-corrected chi connectivity index (χ2v) is 6.25. The molecular formula is C19H23N5O2. The van der Waals surface area contributed by atoms with Crippen molar-refractivity contribution >= 4 is 23.3 Å². The van der Waals surface area contributed by atoms with Crippen LogP contribution in [0.25, 0.3) is 0 Å². The number of nitrogens with zero attached hydrogens (tertiary/aromatic N) is 4. The second-order valence-electron chi connectivity index (χ2n) is 6.25. The molecule has 1 fully saturated rings. The molecule has 0 aliphatic carbocycles. The lowest BCUT2D eigenvalue weighted by Gasteiger charge is -2.34. The fourth-order valence-corrected chi connectivity index (χ4v) is 2.87. The number of carbonyl (C=O) groups is 2. The first-order valence-electron chi connectivity index (χ1n) is 8.79. The van der Waals surface area contributed by atoms with Gasteiger partial charge in [-0.3, -0.25) is 9.59 Å². The molecule has 1 aliphatic rings. The van der Waals surface area contributed by atoms with Gasteiger partial charge in [-0.2, -0.15) is 0 Å². The fourth-order valence-electron chi connectivity index (χ4n) is 2.87. The van der Waals surface area contributed by atoms with E-state index in [1.165, 1.54) is 6.92 Å². The van der Waals surface area contributed by atoms with Gasteiger partial charge >= 0.3 is 0 Å². The Morgan fingerprint density at radius 2 is 1.77 bits per heavy atom. The number of piperazine rings is 1. The smallest absolute Gasteiger partial charge is 0.274 e. The normalized spacial score (nSPS) is 14.9. The van der Waals surface area contributed by atoms with Crippen LogP contribution in [0, 0.1) is 0 Å². The Morgan fingerprint density at radius 1 is 1.08 bits per heavy atom. The van der Waals surface area contributed by atoms with Crippen molar-refractivity contribution in [3.8, 4) is 0 Å². The number of hydrogen-bond acceptors (Lipinski definition) is 6. The minimum absolute atomic E-state index is 0.00788. The molecule has 1 aromatic heterocycles. The number of rotatable bonds is 5. The molecule has 0 radical (unpaired) electrons. The third kappa shape index (κ3) is 4.23. The molecule has 7 heteroatoms. The lowest BCUT2D eigenvalue weighted by Crippen LogP contribution is -2.46. The molecule has 2 aromatic rings. The van der Waals surface area contributed by atoms with Crippen molar-refractivity contribution in [1.29, 1.82) is 0 Å². The molecule has 7 nitrogen and oxygen atoms in total. The highest BCUT2D eigenvalue weighted by atomic mass is 16.2. The van der Waals surface area contributed by atoms with Gasteiger partial charge in [0.25, 0.3) is 5.91 Å². The van der Waals surface area contributed by atoms with Crippen LogP contribution in [0.1, 0.15) is 34.7 Å². The summed E-state index contributed by atoms with van der Waals surface area (Å²) >= 11 is 0. The Bertz CT molecular complexity index is 783. The van der Waals surface area contributed by atoms with E-state index in [1.807, 2.05) is 0 Å². The standard InChI is InChI=1S/C19H23N5O2/c1-3-23-10-12-24(13-11-23)19-20-9-8-17(22-19)18(26)21-16-6-4-15(5-7-16)14(2)25/h4-9H,3,10-13H2,1-2H3,(H,21,26). The van der Waals surface area contributed by atoms with Gasteiger partial charge in [-0.1, -0.05) is 6.92 Å². The van der Waals surface area contributed by atoms with Gasteiger partial charge in [0.05, 0.1) is 0 Å². The number of carbonyl (C=O) groups excluding carboxylic acids is 2. The van der Waals surface area contributed by atoms with Crippen molar-refractivity contribution in [3.63, 3.8) is 0 Å². The highest BCUT2D eigenvalue weighted by Crippen LogP contribution is 2.14. The summed E-state index contributed by atoms with van der Waals surface area (Å²) < 4.78 is 0. The van der Waals surface area contributed by atoms with E-state index < -0.39 is 0 Å². The molecule has 0 spiro atoms. The van der Waals surface area contributed by atoms with Gasteiger partial charge in [-0.15, -0.1) is 0 Å². The lowest BCUT2D eigenvalue weighted by molar-refractivity contribution is 0.101. The maximum Gasteiger partial charge on any atom is 0.274 e. The average molecular weight is 353 g/mol.